The number of benzene rings is 2. The number of methoxy groups -OCH3 is 1. The number of ether oxygens (including phenoxy) is 1. The highest BCUT2D eigenvalue weighted by Crippen LogP contribution is 2.16. The van der Waals surface area contributed by atoms with Crippen molar-refractivity contribution < 1.29 is 19.1 Å². The van der Waals surface area contributed by atoms with E-state index in [1.165, 1.54) is 12.0 Å². The van der Waals surface area contributed by atoms with Crippen molar-refractivity contribution in [3.8, 4) is 0 Å². The van der Waals surface area contributed by atoms with Crippen LogP contribution in [0.25, 0.3) is 0 Å². The van der Waals surface area contributed by atoms with E-state index in [0.717, 1.165) is 11.1 Å². The van der Waals surface area contributed by atoms with Gasteiger partial charge in [0.1, 0.15) is 6.04 Å². The molecule has 0 aliphatic carbocycles. The Morgan fingerprint density at radius 3 is 1.97 bits per heavy atom. The lowest BCUT2D eigenvalue weighted by Crippen LogP contribution is -2.54. The van der Waals surface area contributed by atoms with Gasteiger partial charge < -0.3 is 19.9 Å². The van der Waals surface area contributed by atoms with Crippen LogP contribution in [0.5, 0.6) is 0 Å². The van der Waals surface area contributed by atoms with Crippen LogP contribution in [-0.4, -0.2) is 53.9 Å². The van der Waals surface area contributed by atoms with Crippen molar-refractivity contribution in [1.82, 2.24) is 15.1 Å². The van der Waals surface area contributed by atoms with E-state index in [1.807, 2.05) is 74.5 Å². The maximum Gasteiger partial charge on any atom is 0.318 e. The topological polar surface area (TPSA) is 79.0 Å². The van der Waals surface area contributed by atoms with E-state index in [2.05, 4.69) is 5.32 Å². The van der Waals surface area contributed by atoms with Crippen LogP contribution in [0.3, 0.4) is 0 Å². The maximum atomic E-state index is 13.3. The Balaban J connectivity index is 2.33. The molecule has 0 spiro atoms. The molecule has 2 rings (SSSR count). The number of hydrogen-bond acceptors (Lipinski definition) is 4. The van der Waals surface area contributed by atoms with Crippen LogP contribution in [0.15, 0.2) is 60.7 Å². The first kappa shape index (κ1) is 23.9. The predicted octanol–water partition coefficient (Wildman–Crippen LogP) is 3.20. The Morgan fingerprint density at radius 1 is 0.903 bits per heavy atom. The van der Waals surface area contributed by atoms with Crippen molar-refractivity contribution in [2.75, 3.05) is 20.2 Å². The van der Waals surface area contributed by atoms with Crippen LogP contribution < -0.4 is 5.32 Å². The molecule has 0 aromatic heterocycles. The van der Waals surface area contributed by atoms with Crippen LogP contribution >= 0.6 is 0 Å². The van der Waals surface area contributed by atoms with Gasteiger partial charge in [-0.05, 0) is 25.0 Å². The zero-order chi connectivity index (χ0) is 22.6. The third-order valence-electron chi connectivity index (χ3n) is 5.07. The molecule has 0 heterocycles. The first-order chi connectivity index (χ1) is 15.0. The van der Waals surface area contributed by atoms with Crippen molar-refractivity contribution >= 4 is 17.9 Å². The van der Waals surface area contributed by atoms with Gasteiger partial charge in [0.2, 0.25) is 5.91 Å². The van der Waals surface area contributed by atoms with E-state index in [1.54, 1.807) is 4.90 Å². The van der Waals surface area contributed by atoms with Gasteiger partial charge in [-0.1, -0.05) is 60.7 Å². The number of rotatable bonds is 10. The molecule has 0 saturated heterocycles. The molecule has 1 atom stereocenters. The highest BCUT2D eigenvalue weighted by atomic mass is 16.5. The van der Waals surface area contributed by atoms with E-state index >= 15 is 0 Å². The predicted molar refractivity (Wildman–Crippen MR) is 119 cm³/mol. The number of likely N-dealkylation sites (N-methyl/N-ethyl adjacent to an activating group) is 1. The molecule has 0 saturated carbocycles. The Morgan fingerprint density at radius 2 is 1.45 bits per heavy atom. The standard InChI is InChI=1S/C24H31N3O4/c1-4-26(5-2)23(29)21(16-22(28)31-3)27(18-20-14-10-7-11-15-20)24(30)25-17-19-12-8-6-9-13-19/h6-15,21H,4-5,16-18H2,1-3H3,(H,25,30). The Labute approximate surface area is 184 Å². The van der Waals surface area contributed by atoms with E-state index in [-0.39, 0.29) is 18.9 Å². The molecule has 2 aromatic rings. The molecule has 31 heavy (non-hydrogen) atoms. The molecule has 166 valence electrons. The third-order valence-corrected chi connectivity index (χ3v) is 5.07. The van der Waals surface area contributed by atoms with E-state index in [0.29, 0.717) is 19.6 Å². The second kappa shape index (κ2) is 12.4. The molecule has 3 amide bonds. The van der Waals surface area contributed by atoms with Gasteiger partial charge in [0, 0.05) is 26.2 Å². The summed E-state index contributed by atoms with van der Waals surface area (Å²) in [7, 11) is 1.28. The van der Waals surface area contributed by atoms with Gasteiger partial charge in [0.25, 0.3) is 0 Å². The van der Waals surface area contributed by atoms with Gasteiger partial charge >= 0.3 is 12.0 Å². The maximum absolute atomic E-state index is 13.3. The monoisotopic (exact) mass is 425 g/mol. The molecular formula is C24H31N3O4. The van der Waals surface area contributed by atoms with Crippen molar-refractivity contribution in [2.24, 2.45) is 0 Å². The van der Waals surface area contributed by atoms with Crippen LogP contribution in [0, 0.1) is 0 Å². The molecule has 0 fully saturated rings. The van der Waals surface area contributed by atoms with Crippen LogP contribution in [0.1, 0.15) is 31.4 Å². The summed E-state index contributed by atoms with van der Waals surface area (Å²) in [6, 6.07) is 17.5. The van der Waals surface area contributed by atoms with Crippen molar-refractivity contribution in [2.45, 2.75) is 39.4 Å². The molecule has 7 heteroatoms. The van der Waals surface area contributed by atoms with Gasteiger partial charge in [0.05, 0.1) is 13.5 Å². The first-order valence-electron chi connectivity index (χ1n) is 10.5. The summed E-state index contributed by atoms with van der Waals surface area (Å²) in [6.07, 6.45) is -0.211. The van der Waals surface area contributed by atoms with E-state index < -0.39 is 18.0 Å². The zero-order valence-electron chi connectivity index (χ0n) is 18.4. The zero-order valence-corrected chi connectivity index (χ0v) is 18.4. The Hall–Kier alpha value is -3.35. The summed E-state index contributed by atoms with van der Waals surface area (Å²) in [5.41, 5.74) is 1.80. The molecule has 2 aromatic carbocycles. The SMILES string of the molecule is CCN(CC)C(=O)C(CC(=O)OC)N(Cc1ccccc1)C(=O)NCc1ccccc1. The Kier molecular flexibility index (Phi) is 9.55. The van der Waals surface area contributed by atoms with Crippen LogP contribution in [0.4, 0.5) is 4.79 Å². The fraction of sp³-hybridized carbons (Fsp3) is 0.375. The quantitative estimate of drug-likeness (QED) is 0.593. The number of carbonyl (C=O) groups excluding carboxylic acids is 3. The van der Waals surface area contributed by atoms with Gasteiger partial charge in [-0.2, -0.15) is 0 Å². The lowest BCUT2D eigenvalue weighted by molar-refractivity contribution is -0.147. The number of urea groups is 1. The number of esters is 1. The summed E-state index contributed by atoms with van der Waals surface area (Å²) in [5.74, 6) is -0.819. The second-order valence-corrected chi connectivity index (χ2v) is 7.06. The summed E-state index contributed by atoms with van der Waals surface area (Å²) in [4.78, 5) is 41.7. The minimum atomic E-state index is -0.969. The third kappa shape index (κ3) is 7.13. The van der Waals surface area contributed by atoms with Crippen LogP contribution in [-0.2, 0) is 27.4 Å². The minimum absolute atomic E-state index is 0.191. The Bertz CT molecular complexity index is 838. The van der Waals surface area contributed by atoms with E-state index in [4.69, 9.17) is 4.74 Å². The highest BCUT2D eigenvalue weighted by Gasteiger charge is 2.34. The molecule has 0 aliphatic heterocycles. The highest BCUT2D eigenvalue weighted by molar-refractivity contribution is 5.90. The van der Waals surface area contributed by atoms with Gasteiger partial charge in [-0.3, -0.25) is 9.59 Å². The van der Waals surface area contributed by atoms with Gasteiger partial charge in [0.15, 0.2) is 0 Å². The molecule has 0 radical (unpaired) electrons. The fourth-order valence-electron chi connectivity index (χ4n) is 3.30. The van der Waals surface area contributed by atoms with Crippen molar-refractivity contribution in [3.05, 3.63) is 71.8 Å². The smallest absolute Gasteiger partial charge is 0.318 e. The lowest BCUT2D eigenvalue weighted by atomic mass is 10.1. The minimum Gasteiger partial charge on any atom is -0.469 e. The number of hydrogen-bond donors (Lipinski definition) is 1. The van der Waals surface area contributed by atoms with Gasteiger partial charge in [-0.25, -0.2) is 4.79 Å². The van der Waals surface area contributed by atoms with Crippen molar-refractivity contribution in [3.63, 3.8) is 0 Å². The summed E-state index contributed by atoms with van der Waals surface area (Å²) in [5, 5.41) is 2.88. The molecule has 1 N–H and O–H groups in total. The largest absolute Gasteiger partial charge is 0.469 e. The molecular weight excluding hydrogens is 394 g/mol. The second-order valence-electron chi connectivity index (χ2n) is 7.06. The number of nitrogens with one attached hydrogen (secondary N) is 1. The van der Waals surface area contributed by atoms with Crippen molar-refractivity contribution in [1.29, 1.82) is 0 Å². The number of amides is 3. The molecule has 1 unspecified atom stereocenters. The summed E-state index contributed by atoms with van der Waals surface area (Å²) >= 11 is 0. The average molecular weight is 426 g/mol. The average Bonchev–Trinajstić information content (AvgIpc) is 2.81. The van der Waals surface area contributed by atoms with Crippen LogP contribution in [0.2, 0.25) is 0 Å². The summed E-state index contributed by atoms with van der Waals surface area (Å²) < 4.78 is 4.82. The first-order valence-corrected chi connectivity index (χ1v) is 10.5. The molecule has 7 nitrogen and oxygen atoms in total. The number of carbonyl (C=O) groups is 3. The lowest BCUT2D eigenvalue weighted by Gasteiger charge is -2.34. The normalized spacial score (nSPS) is 11.3. The fourth-order valence-corrected chi connectivity index (χ4v) is 3.30. The van der Waals surface area contributed by atoms with E-state index in [9.17, 15) is 14.4 Å². The number of nitrogens with zero attached hydrogens (tertiary/aromatic N) is 2. The molecule has 0 bridgehead atoms. The summed E-state index contributed by atoms with van der Waals surface area (Å²) in [6.45, 7) is 5.21. The van der Waals surface area contributed by atoms with Gasteiger partial charge in [-0.15, -0.1) is 0 Å². The molecule has 0 aliphatic rings.